The first-order valence-corrected chi connectivity index (χ1v) is 12.8. The zero-order chi connectivity index (χ0) is 26.8. The molecule has 1 fully saturated rings. The maximum Gasteiger partial charge on any atom is 0.266 e. The number of aliphatic hydroxyl groups is 1. The van der Waals surface area contributed by atoms with Crippen LogP contribution < -0.4 is 4.90 Å². The summed E-state index contributed by atoms with van der Waals surface area (Å²) in [6, 6.07) is 21.9. The van der Waals surface area contributed by atoms with Crippen molar-refractivity contribution in [3.8, 4) is 0 Å². The van der Waals surface area contributed by atoms with Gasteiger partial charge in [0.2, 0.25) is 0 Å². The molecule has 3 aromatic rings. The summed E-state index contributed by atoms with van der Waals surface area (Å²) in [6.07, 6.45) is 0.750. The largest absolute Gasteiger partial charge is 0.392 e. The van der Waals surface area contributed by atoms with Gasteiger partial charge in [0.05, 0.1) is 35.6 Å². The number of ether oxygens (including phenoxy) is 2. The van der Waals surface area contributed by atoms with Crippen molar-refractivity contribution in [3.05, 3.63) is 113 Å². The first-order chi connectivity index (χ1) is 18.4. The molecule has 0 unspecified atom stereocenters. The SMILES string of the molecule is C=CCN(C)C[C@@H]1O[C@H](c2cccc(N3C(=O)c4ccccc4C3=O)c2)O[C@H](c2ccc(CO)cc2)[C@@H]1C. The van der Waals surface area contributed by atoms with Gasteiger partial charge in [0.1, 0.15) is 0 Å². The van der Waals surface area contributed by atoms with Gasteiger partial charge in [-0.3, -0.25) is 9.59 Å². The number of amides is 2. The topological polar surface area (TPSA) is 79.3 Å². The molecule has 196 valence electrons. The molecular weight excluding hydrogens is 480 g/mol. The van der Waals surface area contributed by atoms with Crippen molar-refractivity contribution in [2.24, 2.45) is 5.92 Å². The average Bonchev–Trinajstić information content (AvgIpc) is 3.19. The fourth-order valence-corrected chi connectivity index (χ4v) is 5.16. The number of rotatable bonds is 8. The first-order valence-electron chi connectivity index (χ1n) is 12.8. The van der Waals surface area contributed by atoms with E-state index in [-0.39, 0.29) is 36.5 Å². The number of likely N-dealkylation sites (N-methyl/N-ethyl adjacent to an activating group) is 1. The molecule has 2 heterocycles. The smallest absolute Gasteiger partial charge is 0.266 e. The van der Waals surface area contributed by atoms with E-state index in [0.717, 1.165) is 23.2 Å². The van der Waals surface area contributed by atoms with E-state index in [2.05, 4.69) is 18.4 Å². The molecule has 0 aromatic heterocycles. The summed E-state index contributed by atoms with van der Waals surface area (Å²) in [4.78, 5) is 29.5. The zero-order valence-corrected chi connectivity index (χ0v) is 21.6. The monoisotopic (exact) mass is 512 g/mol. The van der Waals surface area contributed by atoms with Crippen LogP contribution in [-0.2, 0) is 16.1 Å². The van der Waals surface area contributed by atoms with E-state index in [4.69, 9.17) is 9.47 Å². The van der Waals surface area contributed by atoms with Crippen molar-refractivity contribution >= 4 is 17.5 Å². The highest BCUT2D eigenvalue weighted by Crippen LogP contribution is 2.42. The van der Waals surface area contributed by atoms with Crippen LogP contribution in [0.1, 0.15) is 56.7 Å². The summed E-state index contributed by atoms with van der Waals surface area (Å²) < 4.78 is 13.0. The molecule has 0 saturated carbocycles. The van der Waals surface area contributed by atoms with Gasteiger partial charge < -0.3 is 19.5 Å². The van der Waals surface area contributed by atoms with Crippen molar-refractivity contribution in [2.45, 2.75) is 32.0 Å². The standard InChI is InChI=1S/C31H32N2O5/c1-4-16-32(3)18-27-20(2)28(22-14-12-21(19-34)13-15-22)38-31(37-27)23-8-7-9-24(17-23)33-29(35)25-10-5-6-11-26(25)30(33)36/h4-15,17,20,27-28,31,34H,1,16,18-19H2,2-3H3/t20-,27+,28+,31+/m1/s1. The Labute approximate surface area is 222 Å². The molecule has 0 aliphatic carbocycles. The van der Waals surface area contributed by atoms with E-state index in [1.807, 2.05) is 49.5 Å². The Morgan fingerprint density at radius 3 is 2.26 bits per heavy atom. The molecule has 7 heteroatoms. The van der Waals surface area contributed by atoms with Gasteiger partial charge in [-0.2, -0.15) is 0 Å². The Bertz CT molecular complexity index is 1300. The Morgan fingerprint density at radius 1 is 0.947 bits per heavy atom. The Kier molecular flexibility index (Phi) is 7.53. The molecule has 2 amide bonds. The third kappa shape index (κ3) is 4.93. The second-order valence-electron chi connectivity index (χ2n) is 9.92. The molecule has 7 nitrogen and oxygen atoms in total. The van der Waals surface area contributed by atoms with E-state index in [1.54, 1.807) is 36.4 Å². The van der Waals surface area contributed by atoms with Crippen LogP contribution in [0.2, 0.25) is 0 Å². The van der Waals surface area contributed by atoms with E-state index >= 15 is 0 Å². The van der Waals surface area contributed by atoms with Gasteiger partial charge in [-0.25, -0.2) is 4.90 Å². The molecule has 0 bridgehead atoms. The van der Waals surface area contributed by atoms with Crippen LogP contribution in [-0.4, -0.2) is 48.1 Å². The van der Waals surface area contributed by atoms with Gasteiger partial charge in [0.25, 0.3) is 11.8 Å². The molecule has 4 atom stereocenters. The number of anilines is 1. The van der Waals surface area contributed by atoms with Crippen LogP contribution >= 0.6 is 0 Å². The summed E-state index contributed by atoms with van der Waals surface area (Å²) in [5, 5.41) is 9.47. The minimum atomic E-state index is -0.703. The number of hydrogen-bond donors (Lipinski definition) is 1. The van der Waals surface area contributed by atoms with E-state index in [1.165, 1.54) is 4.90 Å². The number of benzene rings is 3. The maximum atomic E-state index is 13.1. The van der Waals surface area contributed by atoms with Crippen LogP contribution in [0.5, 0.6) is 0 Å². The number of carbonyl (C=O) groups excluding carboxylic acids is 2. The van der Waals surface area contributed by atoms with E-state index in [9.17, 15) is 14.7 Å². The minimum absolute atomic E-state index is 0.0212. The van der Waals surface area contributed by atoms with Crippen molar-refractivity contribution < 1.29 is 24.2 Å². The highest BCUT2D eigenvalue weighted by Gasteiger charge is 2.40. The first kappa shape index (κ1) is 26.0. The fourth-order valence-electron chi connectivity index (χ4n) is 5.16. The highest BCUT2D eigenvalue weighted by molar-refractivity contribution is 6.34. The number of fused-ring (bicyclic) bond motifs is 1. The van der Waals surface area contributed by atoms with Gasteiger partial charge in [-0.1, -0.05) is 61.5 Å². The van der Waals surface area contributed by atoms with Gasteiger partial charge in [0.15, 0.2) is 6.29 Å². The quantitative estimate of drug-likeness (QED) is 0.342. The van der Waals surface area contributed by atoms with Crippen molar-refractivity contribution in [3.63, 3.8) is 0 Å². The summed E-state index contributed by atoms with van der Waals surface area (Å²) in [7, 11) is 2.02. The zero-order valence-electron chi connectivity index (χ0n) is 21.6. The molecule has 2 aliphatic rings. The number of hydrogen-bond acceptors (Lipinski definition) is 6. The lowest BCUT2D eigenvalue weighted by Crippen LogP contribution is -2.43. The van der Waals surface area contributed by atoms with Crippen molar-refractivity contribution in [2.75, 3.05) is 25.0 Å². The number of aliphatic hydroxyl groups excluding tert-OH is 1. The molecular formula is C31H32N2O5. The average molecular weight is 513 g/mol. The Morgan fingerprint density at radius 2 is 1.63 bits per heavy atom. The number of imide groups is 1. The van der Waals surface area contributed by atoms with Crippen LogP contribution in [0, 0.1) is 5.92 Å². The number of nitrogens with zero attached hydrogens (tertiary/aromatic N) is 2. The lowest BCUT2D eigenvalue weighted by Gasteiger charge is -2.42. The van der Waals surface area contributed by atoms with Crippen LogP contribution in [0.4, 0.5) is 5.69 Å². The summed E-state index contributed by atoms with van der Waals surface area (Å²) in [5.74, 6) is -0.641. The second kappa shape index (κ2) is 11.0. The molecule has 0 spiro atoms. The fraction of sp³-hybridized carbons (Fsp3) is 0.290. The van der Waals surface area contributed by atoms with Gasteiger partial charge >= 0.3 is 0 Å². The Hall–Kier alpha value is -3.62. The maximum absolute atomic E-state index is 13.1. The predicted octanol–water partition coefficient (Wildman–Crippen LogP) is 4.89. The highest BCUT2D eigenvalue weighted by atomic mass is 16.7. The van der Waals surface area contributed by atoms with Gasteiger partial charge in [0, 0.05) is 24.6 Å². The van der Waals surface area contributed by atoms with Crippen LogP contribution in [0.3, 0.4) is 0 Å². The molecule has 1 saturated heterocycles. The molecule has 2 aliphatic heterocycles. The number of carbonyl (C=O) groups is 2. The summed E-state index contributed by atoms with van der Waals surface area (Å²) >= 11 is 0. The summed E-state index contributed by atoms with van der Waals surface area (Å²) in [5.41, 5.74) is 3.83. The Balaban J connectivity index is 1.46. The minimum Gasteiger partial charge on any atom is -0.392 e. The second-order valence-corrected chi connectivity index (χ2v) is 9.92. The molecule has 3 aromatic carbocycles. The third-order valence-electron chi connectivity index (χ3n) is 7.25. The molecule has 5 rings (SSSR count). The lowest BCUT2D eigenvalue weighted by atomic mass is 9.90. The van der Waals surface area contributed by atoms with E-state index < -0.39 is 6.29 Å². The van der Waals surface area contributed by atoms with Crippen LogP contribution in [0.15, 0.2) is 85.5 Å². The van der Waals surface area contributed by atoms with Gasteiger partial charge in [-0.05, 0) is 42.4 Å². The normalized spacial score (nSPS) is 23.1. The van der Waals surface area contributed by atoms with Crippen LogP contribution in [0.25, 0.3) is 0 Å². The third-order valence-corrected chi connectivity index (χ3v) is 7.25. The summed E-state index contributed by atoms with van der Waals surface area (Å²) in [6.45, 7) is 7.34. The lowest BCUT2D eigenvalue weighted by molar-refractivity contribution is -0.275. The molecule has 38 heavy (non-hydrogen) atoms. The van der Waals surface area contributed by atoms with E-state index in [0.29, 0.717) is 23.4 Å². The predicted molar refractivity (Wildman–Crippen MR) is 145 cm³/mol. The molecule has 1 N–H and O–H groups in total. The molecule has 0 radical (unpaired) electrons. The van der Waals surface area contributed by atoms with Crippen molar-refractivity contribution in [1.29, 1.82) is 0 Å². The van der Waals surface area contributed by atoms with Crippen molar-refractivity contribution in [1.82, 2.24) is 4.90 Å². The van der Waals surface area contributed by atoms with Gasteiger partial charge in [-0.15, -0.1) is 6.58 Å².